The number of nitrogens with zero attached hydrogens (tertiary/aromatic N) is 3. The molecule has 0 aliphatic rings. The van der Waals surface area contributed by atoms with E-state index in [-0.39, 0.29) is 5.65 Å². The van der Waals surface area contributed by atoms with E-state index in [0.29, 0.717) is 4.47 Å². The van der Waals surface area contributed by atoms with Crippen LogP contribution in [0.1, 0.15) is 5.69 Å². The first-order valence-corrected chi connectivity index (χ1v) is 4.35. The lowest BCUT2D eigenvalue weighted by atomic mass is 10.3. The summed E-state index contributed by atoms with van der Waals surface area (Å²) in [4.78, 5) is 3.70. The maximum Gasteiger partial charge on any atom is 0.433 e. The van der Waals surface area contributed by atoms with E-state index in [2.05, 4.69) is 26.0 Å². The van der Waals surface area contributed by atoms with Gasteiger partial charge in [-0.05, 0) is 28.1 Å². The van der Waals surface area contributed by atoms with Gasteiger partial charge in [0.1, 0.15) is 12.0 Å². The van der Waals surface area contributed by atoms with E-state index in [1.165, 1.54) is 6.07 Å². The molecule has 0 aliphatic heterocycles. The maximum absolute atomic E-state index is 12.4. The van der Waals surface area contributed by atoms with Crippen LogP contribution < -0.4 is 0 Å². The van der Waals surface area contributed by atoms with Crippen molar-refractivity contribution in [3.8, 4) is 0 Å². The minimum Gasteiger partial charge on any atom is -0.214 e. The molecule has 2 heterocycles. The van der Waals surface area contributed by atoms with E-state index in [9.17, 15) is 13.2 Å². The summed E-state index contributed by atoms with van der Waals surface area (Å²) >= 11 is 3.09. The molecule has 2 rings (SSSR count). The Balaban J connectivity index is 2.80. The standard InChI is InChI=1S/C7H3BrF3N3/c8-4-1-2-5(7(9,10)11)14-6(4)12-3-13-14/h1-3H. The Labute approximate surface area is 84.7 Å². The molecule has 2 aromatic rings. The molecular weight excluding hydrogens is 263 g/mol. The van der Waals surface area contributed by atoms with E-state index in [1.807, 2.05) is 0 Å². The van der Waals surface area contributed by atoms with Gasteiger partial charge < -0.3 is 0 Å². The van der Waals surface area contributed by atoms with Crippen molar-refractivity contribution >= 4 is 21.6 Å². The zero-order chi connectivity index (χ0) is 10.3. The topological polar surface area (TPSA) is 30.2 Å². The highest BCUT2D eigenvalue weighted by molar-refractivity contribution is 9.10. The highest BCUT2D eigenvalue weighted by Crippen LogP contribution is 2.30. The number of halogens is 4. The van der Waals surface area contributed by atoms with Crippen LogP contribution in [0.25, 0.3) is 5.65 Å². The van der Waals surface area contributed by atoms with Gasteiger partial charge >= 0.3 is 6.18 Å². The SMILES string of the molecule is FC(F)(F)c1ccc(Br)c2ncnn12. The molecule has 0 fully saturated rings. The van der Waals surface area contributed by atoms with Gasteiger partial charge in [-0.25, -0.2) is 9.50 Å². The summed E-state index contributed by atoms with van der Waals surface area (Å²) in [6.45, 7) is 0. The molecule has 0 bridgehead atoms. The Hall–Kier alpha value is -1.11. The van der Waals surface area contributed by atoms with E-state index < -0.39 is 11.9 Å². The molecule has 2 aromatic heterocycles. The lowest BCUT2D eigenvalue weighted by molar-refractivity contribution is -0.142. The Morgan fingerprint density at radius 1 is 1.29 bits per heavy atom. The normalized spacial score (nSPS) is 12.3. The summed E-state index contributed by atoms with van der Waals surface area (Å²) in [7, 11) is 0. The largest absolute Gasteiger partial charge is 0.433 e. The molecule has 0 atom stereocenters. The van der Waals surface area contributed by atoms with Gasteiger partial charge in [-0.15, -0.1) is 0 Å². The smallest absolute Gasteiger partial charge is 0.214 e. The highest BCUT2D eigenvalue weighted by Gasteiger charge is 2.34. The van der Waals surface area contributed by atoms with Crippen LogP contribution in [0.4, 0.5) is 13.2 Å². The van der Waals surface area contributed by atoms with Crippen LogP contribution >= 0.6 is 15.9 Å². The number of hydrogen-bond acceptors (Lipinski definition) is 2. The molecule has 0 aliphatic carbocycles. The third-order valence-corrected chi connectivity index (χ3v) is 2.29. The predicted octanol–water partition coefficient (Wildman–Crippen LogP) is 2.51. The number of alkyl halides is 3. The Morgan fingerprint density at radius 3 is 2.64 bits per heavy atom. The summed E-state index contributed by atoms with van der Waals surface area (Å²) in [5.74, 6) is 0. The number of aromatic nitrogens is 3. The number of hydrogen-bond donors (Lipinski definition) is 0. The van der Waals surface area contributed by atoms with Crippen LogP contribution in [0.5, 0.6) is 0 Å². The van der Waals surface area contributed by atoms with Crippen LogP contribution in [0, 0.1) is 0 Å². The highest BCUT2D eigenvalue weighted by atomic mass is 79.9. The second kappa shape index (κ2) is 2.94. The molecule has 0 saturated heterocycles. The number of pyridine rings is 1. The Morgan fingerprint density at radius 2 is 2.00 bits per heavy atom. The van der Waals surface area contributed by atoms with E-state index in [0.717, 1.165) is 16.9 Å². The van der Waals surface area contributed by atoms with Gasteiger partial charge in [0.15, 0.2) is 5.65 Å². The lowest BCUT2D eigenvalue weighted by Crippen LogP contribution is -2.12. The Bertz CT molecular complexity index is 476. The molecule has 0 aromatic carbocycles. The second-order valence-corrected chi connectivity index (χ2v) is 3.41. The Kier molecular flexibility index (Phi) is 1.99. The third kappa shape index (κ3) is 1.37. The average Bonchev–Trinajstić information content (AvgIpc) is 2.50. The molecule has 7 heteroatoms. The van der Waals surface area contributed by atoms with Crippen molar-refractivity contribution in [2.24, 2.45) is 0 Å². The van der Waals surface area contributed by atoms with E-state index in [1.54, 1.807) is 0 Å². The van der Waals surface area contributed by atoms with Crippen LogP contribution in [0.2, 0.25) is 0 Å². The lowest BCUT2D eigenvalue weighted by Gasteiger charge is -2.08. The van der Waals surface area contributed by atoms with Crippen molar-refractivity contribution in [3.63, 3.8) is 0 Å². The maximum atomic E-state index is 12.4. The molecule has 0 amide bonds. The first-order chi connectivity index (χ1) is 6.50. The van der Waals surface area contributed by atoms with Crippen molar-refractivity contribution < 1.29 is 13.2 Å². The summed E-state index contributed by atoms with van der Waals surface area (Å²) in [6.07, 6.45) is -3.35. The molecular formula is C7H3BrF3N3. The summed E-state index contributed by atoms with van der Waals surface area (Å²) < 4.78 is 38.5. The van der Waals surface area contributed by atoms with Crippen LogP contribution in [0.15, 0.2) is 22.9 Å². The van der Waals surface area contributed by atoms with Gasteiger partial charge in [-0.1, -0.05) is 0 Å². The van der Waals surface area contributed by atoms with E-state index >= 15 is 0 Å². The monoisotopic (exact) mass is 265 g/mol. The predicted molar refractivity (Wildman–Crippen MR) is 45.7 cm³/mol. The number of rotatable bonds is 0. The van der Waals surface area contributed by atoms with Gasteiger partial charge in [-0.2, -0.15) is 18.3 Å². The molecule has 14 heavy (non-hydrogen) atoms. The summed E-state index contributed by atoms with van der Waals surface area (Å²) in [6, 6.07) is 2.25. The van der Waals surface area contributed by atoms with Gasteiger partial charge in [0.25, 0.3) is 0 Å². The fourth-order valence-corrected chi connectivity index (χ4v) is 1.49. The van der Waals surface area contributed by atoms with Gasteiger partial charge in [0.2, 0.25) is 0 Å². The zero-order valence-electron chi connectivity index (χ0n) is 6.59. The first-order valence-electron chi connectivity index (χ1n) is 3.55. The van der Waals surface area contributed by atoms with Crippen LogP contribution in [-0.2, 0) is 6.18 Å². The molecule has 0 unspecified atom stereocenters. The fourth-order valence-electron chi connectivity index (χ4n) is 1.09. The molecule has 0 saturated carbocycles. The number of fused-ring (bicyclic) bond motifs is 1. The van der Waals surface area contributed by atoms with Gasteiger partial charge in [-0.3, -0.25) is 0 Å². The minimum atomic E-state index is -4.42. The van der Waals surface area contributed by atoms with Crippen LogP contribution in [0.3, 0.4) is 0 Å². The first kappa shape index (κ1) is 9.45. The summed E-state index contributed by atoms with van der Waals surface area (Å²) in [5, 5.41) is 3.50. The second-order valence-electron chi connectivity index (χ2n) is 2.56. The molecule has 0 N–H and O–H groups in total. The summed E-state index contributed by atoms with van der Waals surface area (Å²) in [5.41, 5.74) is -0.687. The fraction of sp³-hybridized carbons (Fsp3) is 0.143. The average molecular weight is 266 g/mol. The quantitative estimate of drug-likeness (QED) is 0.733. The third-order valence-electron chi connectivity index (χ3n) is 1.67. The van der Waals surface area contributed by atoms with Crippen molar-refractivity contribution in [2.45, 2.75) is 6.18 Å². The van der Waals surface area contributed by atoms with Gasteiger partial charge in [0.05, 0.1) is 4.47 Å². The van der Waals surface area contributed by atoms with Crippen molar-refractivity contribution in [1.29, 1.82) is 0 Å². The minimum absolute atomic E-state index is 0.153. The molecule has 0 spiro atoms. The van der Waals surface area contributed by atoms with Crippen molar-refractivity contribution in [1.82, 2.24) is 14.6 Å². The van der Waals surface area contributed by atoms with Crippen molar-refractivity contribution in [3.05, 3.63) is 28.6 Å². The molecule has 0 radical (unpaired) electrons. The van der Waals surface area contributed by atoms with Crippen LogP contribution in [-0.4, -0.2) is 14.6 Å². The zero-order valence-corrected chi connectivity index (χ0v) is 8.17. The van der Waals surface area contributed by atoms with E-state index in [4.69, 9.17) is 0 Å². The molecule has 3 nitrogen and oxygen atoms in total. The van der Waals surface area contributed by atoms with Gasteiger partial charge in [0, 0.05) is 0 Å². The molecule has 74 valence electrons. The van der Waals surface area contributed by atoms with Crippen molar-refractivity contribution in [2.75, 3.05) is 0 Å².